The Labute approximate surface area is 92.3 Å². The lowest BCUT2D eigenvalue weighted by molar-refractivity contribution is 0.389. The summed E-state index contributed by atoms with van der Waals surface area (Å²) in [6.45, 7) is 7.58. The molecule has 0 bridgehead atoms. The first-order chi connectivity index (χ1) is 6.83. The normalized spacial score (nSPS) is 14.2. The van der Waals surface area contributed by atoms with Crippen LogP contribution in [0.25, 0.3) is 0 Å². The van der Waals surface area contributed by atoms with Gasteiger partial charge < -0.3 is 0 Å². The van der Waals surface area contributed by atoms with Crippen LogP contribution in [0.1, 0.15) is 27.7 Å². The summed E-state index contributed by atoms with van der Waals surface area (Å²) in [5, 5.41) is 8.63. The molecule has 15 heavy (non-hydrogen) atoms. The molecule has 0 fully saturated rings. The Kier molecular flexibility index (Phi) is 5.80. The average Bonchev–Trinajstić information content (AvgIpc) is 2.11. The monoisotopic (exact) mass is 233 g/mol. The highest BCUT2D eigenvalue weighted by Gasteiger charge is 2.22. The number of nitrogens with one attached hydrogen (secondary N) is 1. The van der Waals surface area contributed by atoms with E-state index in [-0.39, 0.29) is 18.5 Å². The maximum atomic E-state index is 11.7. The molecule has 0 aliphatic carbocycles. The zero-order valence-corrected chi connectivity index (χ0v) is 10.5. The first-order valence-corrected chi connectivity index (χ1v) is 6.44. The van der Waals surface area contributed by atoms with Gasteiger partial charge in [-0.1, -0.05) is 6.92 Å². The number of hydrogen-bond acceptors (Lipinski definition) is 3. The van der Waals surface area contributed by atoms with E-state index in [1.165, 1.54) is 4.31 Å². The summed E-state index contributed by atoms with van der Waals surface area (Å²) in [6, 6.07) is 1.88. The topological polar surface area (TPSA) is 73.2 Å². The predicted molar refractivity (Wildman–Crippen MR) is 59.2 cm³/mol. The minimum Gasteiger partial charge on any atom is -0.200 e. The summed E-state index contributed by atoms with van der Waals surface area (Å²) in [6.07, 6.45) is 0. The lowest BCUT2D eigenvalue weighted by atomic mass is 10.2. The highest BCUT2D eigenvalue weighted by molar-refractivity contribution is 7.87. The summed E-state index contributed by atoms with van der Waals surface area (Å²) in [5.74, 6) is -0.298. The van der Waals surface area contributed by atoms with Gasteiger partial charge in [0.05, 0.1) is 12.0 Å². The Bertz CT molecular complexity index is 319. The molecule has 0 rings (SSSR count). The summed E-state index contributed by atoms with van der Waals surface area (Å²) in [7, 11) is -3.44. The second-order valence-electron chi connectivity index (χ2n) is 3.76. The van der Waals surface area contributed by atoms with Crippen LogP contribution >= 0.6 is 0 Å². The minimum atomic E-state index is -3.44. The maximum Gasteiger partial charge on any atom is 0.279 e. The van der Waals surface area contributed by atoms with E-state index in [0.29, 0.717) is 6.54 Å². The first kappa shape index (κ1) is 14.4. The van der Waals surface area contributed by atoms with Crippen LogP contribution in [-0.4, -0.2) is 31.9 Å². The molecule has 5 nitrogen and oxygen atoms in total. The molecule has 0 saturated carbocycles. The summed E-state index contributed by atoms with van der Waals surface area (Å²) in [5.41, 5.74) is 0. The van der Waals surface area contributed by atoms with Crippen LogP contribution in [0.5, 0.6) is 0 Å². The molecule has 1 atom stereocenters. The van der Waals surface area contributed by atoms with Crippen LogP contribution in [0.4, 0.5) is 0 Å². The second kappa shape index (κ2) is 6.05. The van der Waals surface area contributed by atoms with Crippen molar-refractivity contribution in [1.82, 2.24) is 9.03 Å². The fourth-order valence-electron chi connectivity index (χ4n) is 1.12. The smallest absolute Gasteiger partial charge is 0.200 e. The Hall–Kier alpha value is -0.640. The van der Waals surface area contributed by atoms with Crippen LogP contribution in [0.3, 0.4) is 0 Å². The molecule has 0 radical (unpaired) electrons. The van der Waals surface area contributed by atoms with Crippen molar-refractivity contribution in [2.75, 3.05) is 13.1 Å². The molecule has 0 aliphatic rings. The number of hydrogen-bond donors (Lipinski definition) is 1. The SMILES string of the molecule is CCN(CC(C)C#N)S(=O)(=O)NC(C)C. The van der Waals surface area contributed by atoms with Gasteiger partial charge in [-0.2, -0.15) is 22.7 Å². The zero-order valence-electron chi connectivity index (χ0n) is 9.69. The molecule has 0 aromatic carbocycles. The standard InChI is InChI=1S/C9H19N3O2S/c1-5-12(7-9(4)6-10)15(13,14)11-8(2)3/h8-9,11H,5,7H2,1-4H3. The van der Waals surface area contributed by atoms with E-state index in [4.69, 9.17) is 5.26 Å². The van der Waals surface area contributed by atoms with E-state index in [2.05, 4.69) is 4.72 Å². The Morgan fingerprint density at radius 2 is 1.93 bits per heavy atom. The number of nitrogens with zero attached hydrogens (tertiary/aromatic N) is 2. The van der Waals surface area contributed by atoms with Gasteiger partial charge >= 0.3 is 0 Å². The van der Waals surface area contributed by atoms with Crippen LogP contribution in [-0.2, 0) is 10.2 Å². The van der Waals surface area contributed by atoms with E-state index in [1.54, 1.807) is 27.7 Å². The van der Waals surface area contributed by atoms with E-state index >= 15 is 0 Å². The fraction of sp³-hybridized carbons (Fsp3) is 0.889. The van der Waals surface area contributed by atoms with Crippen molar-refractivity contribution in [3.63, 3.8) is 0 Å². The van der Waals surface area contributed by atoms with E-state index < -0.39 is 10.2 Å². The molecule has 0 saturated heterocycles. The molecule has 1 N–H and O–H groups in total. The summed E-state index contributed by atoms with van der Waals surface area (Å²) in [4.78, 5) is 0. The number of nitriles is 1. The van der Waals surface area contributed by atoms with Crippen LogP contribution in [0, 0.1) is 17.2 Å². The molecule has 0 aromatic rings. The molecule has 1 unspecified atom stereocenters. The third kappa shape index (κ3) is 5.11. The van der Waals surface area contributed by atoms with Gasteiger partial charge in [0, 0.05) is 19.1 Å². The molecular formula is C9H19N3O2S. The minimum absolute atomic E-state index is 0.138. The highest BCUT2D eigenvalue weighted by Crippen LogP contribution is 2.04. The van der Waals surface area contributed by atoms with Gasteiger partial charge in [0.15, 0.2) is 0 Å². The number of rotatable bonds is 6. The van der Waals surface area contributed by atoms with Crippen molar-refractivity contribution in [3.8, 4) is 6.07 Å². The van der Waals surface area contributed by atoms with Gasteiger partial charge in [-0.15, -0.1) is 0 Å². The molecule has 0 spiro atoms. The Morgan fingerprint density at radius 3 is 2.27 bits per heavy atom. The molecular weight excluding hydrogens is 214 g/mol. The zero-order chi connectivity index (χ0) is 12.1. The maximum absolute atomic E-state index is 11.7. The van der Waals surface area contributed by atoms with Gasteiger partial charge in [0.25, 0.3) is 10.2 Å². The van der Waals surface area contributed by atoms with E-state index in [1.807, 2.05) is 6.07 Å². The van der Waals surface area contributed by atoms with Gasteiger partial charge in [0.2, 0.25) is 0 Å². The molecule has 0 aromatic heterocycles. The van der Waals surface area contributed by atoms with Gasteiger partial charge in [-0.05, 0) is 20.8 Å². The predicted octanol–water partition coefficient (Wildman–Crippen LogP) is 0.711. The van der Waals surface area contributed by atoms with Crippen molar-refractivity contribution < 1.29 is 8.42 Å². The van der Waals surface area contributed by atoms with E-state index in [9.17, 15) is 8.42 Å². The highest BCUT2D eigenvalue weighted by atomic mass is 32.2. The largest absolute Gasteiger partial charge is 0.279 e. The van der Waals surface area contributed by atoms with Gasteiger partial charge in [-0.25, -0.2) is 0 Å². The Morgan fingerprint density at radius 1 is 1.40 bits per heavy atom. The van der Waals surface area contributed by atoms with Gasteiger partial charge in [0.1, 0.15) is 0 Å². The average molecular weight is 233 g/mol. The van der Waals surface area contributed by atoms with Gasteiger partial charge in [-0.3, -0.25) is 0 Å². The van der Waals surface area contributed by atoms with E-state index in [0.717, 1.165) is 0 Å². The Balaban J connectivity index is 4.60. The van der Waals surface area contributed by atoms with Crippen LogP contribution < -0.4 is 4.72 Å². The third-order valence-electron chi connectivity index (χ3n) is 1.78. The summed E-state index contributed by atoms with van der Waals surface area (Å²) >= 11 is 0. The lowest BCUT2D eigenvalue weighted by Crippen LogP contribution is -2.45. The fourth-order valence-corrected chi connectivity index (χ4v) is 2.62. The lowest BCUT2D eigenvalue weighted by Gasteiger charge is -2.22. The molecule has 0 amide bonds. The van der Waals surface area contributed by atoms with Crippen molar-refractivity contribution in [3.05, 3.63) is 0 Å². The van der Waals surface area contributed by atoms with Crippen molar-refractivity contribution in [2.24, 2.45) is 5.92 Å². The molecule has 88 valence electrons. The third-order valence-corrected chi connectivity index (χ3v) is 3.63. The molecule has 0 aliphatic heterocycles. The summed E-state index contributed by atoms with van der Waals surface area (Å²) < 4.78 is 27.2. The first-order valence-electron chi connectivity index (χ1n) is 5.00. The van der Waals surface area contributed by atoms with Crippen molar-refractivity contribution in [2.45, 2.75) is 33.7 Å². The van der Waals surface area contributed by atoms with Crippen molar-refractivity contribution in [1.29, 1.82) is 5.26 Å². The molecule has 6 heteroatoms. The van der Waals surface area contributed by atoms with Crippen molar-refractivity contribution >= 4 is 10.2 Å². The van der Waals surface area contributed by atoms with Crippen LogP contribution in [0.2, 0.25) is 0 Å². The van der Waals surface area contributed by atoms with Crippen LogP contribution in [0.15, 0.2) is 0 Å². The second-order valence-corrected chi connectivity index (χ2v) is 5.46. The molecule has 0 heterocycles. The quantitative estimate of drug-likeness (QED) is 0.734.